The molecular weight excluding hydrogens is 254 g/mol. The number of ether oxygens (including phenoxy) is 1. The predicted octanol–water partition coefficient (Wildman–Crippen LogP) is 0.289. The molecule has 1 aromatic rings. The van der Waals surface area contributed by atoms with Crippen LogP contribution in [0.4, 0.5) is 5.69 Å². The Bertz CT molecular complexity index is 527. The Balaban J connectivity index is 2.13. The fourth-order valence-corrected chi connectivity index (χ4v) is 3.58. The number of hydrogen-bond donors (Lipinski definition) is 1. The molecule has 0 bridgehead atoms. The van der Waals surface area contributed by atoms with Crippen molar-refractivity contribution in [1.29, 1.82) is 0 Å². The maximum atomic E-state index is 11.4. The van der Waals surface area contributed by atoms with Crippen molar-refractivity contribution in [3.8, 4) is 5.75 Å². The van der Waals surface area contributed by atoms with Crippen LogP contribution in [0.1, 0.15) is 0 Å². The fourth-order valence-electron chi connectivity index (χ4n) is 1.92. The van der Waals surface area contributed by atoms with Gasteiger partial charge in [0.15, 0.2) is 9.84 Å². The molecular formula is C12H17NO4S. The first-order valence-electron chi connectivity index (χ1n) is 5.70. The van der Waals surface area contributed by atoms with Crippen molar-refractivity contribution in [2.75, 3.05) is 30.5 Å². The van der Waals surface area contributed by atoms with Crippen LogP contribution in [0.3, 0.4) is 0 Å². The van der Waals surface area contributed by atoms with E-state index in [0.717, 1.165) is 5.69 Å². The van der Waals surface area contributed by atoms with Crippen LogP contribution in [0, 0.1) is 0 Å². The summed E-state index contributed by atoms with van der Waals surface area (Å²) in [7, 11) is 0.645. The summed E-state index contributed by atoms with van der Waals surface area (Å²) in [5, 5.41) is 9.65. The minimum Gasteiger partial charge on any atom is -0.487 e. The smallest absolute Gasteiger partial charge is 0.156 e. The Morgan fingerprint density at radius 1 is 1.33 bits per heavy atom. The molecule has 0 amide bonds. The van der Waals surface area contributed by atoms with E-state index in [1.54, 1.807) is 6.07 Å². The number of nitrogens with zero attached hydrogens (tertiary/aromatic N) is 1. The summed E-state index contributed by atoms with van der Waals surface area (Å²) in [5.74, 6) is 0.230. The molecule has 1 N–H and O–H groups in total. The zero-order valence-electron chi connectivity index (χ0n) is 10.4. The molecule has 6 heteroatoms. The number of aliphatic hydroxyl groups excluding tert-OH is 1. The number of sulfone groups is 1. The third-order valence-corrected chi connectivity index (χ3v) is 4.58. The Hall–Kier alpha value is -1.27. The van der Waals surface area contributed by atoms with Gasteiger partial charge in [-0.25, -0.2) is 8.42 Å². The summed E-state index contributed by atoms with van der Waals surface area (Å²) in [5.41, 5.74) is 0.961. The number of rotatable bonds is 3. The molecule has 100 valence electrons. The van der Waals surface area contributed by atoms with E-state index in [4.69, 9.17) is 4.74 Å². The average molecular weight is 271 g/mol. The molecule has 0 spiro atoms. The van der Waals surface area contributed by atoms with E-state index in [1.165, 1.54) is 0 Å². The van der Waals surface area contributed by atoms with Crippen molar-refractivity contribution < 1.29 is 18.3 Å². The van der Waals surface area contributed by atoms with E-state index in [1.807, 2.05) is 37.2 Å². The summed E-state index contributed by atoms with van der Waals surface area (Å²) in [6, 6.07) is 7.33. The van der Waals surface area contributed by atoms with Crippen molar-refractivity contribution in [1.82, 2.24) is 0 Å². The molecule has 1 aliphatic rings. The van der Waals surface area contributed by atoms with Gasteiger partial charge in [0, 0.05) is 25.8 Å². The second kappa shape index (κ2) is 4.78. The van der Waals surface area contributed by atoms with Crippen LogP contribution >= 0.6 is 0 Å². The van der Waals surface area contributed by atoms with Gasteiger partial charge in [-0.15, -0.1) is 0 Å². The maximum Gasteiger partial charge on any atom is 0.156 e. The third kappa shape index (κ3) is 2.94. The van der Waals surface area contributed by atoms with Gasteiger partial charge in [0.05, 0.1) is 11.5 Å². The standard InChI is InChI=1S/C12H17NO4S/c1-13(2)9-4-3-5-10(6-9)17-12-8-18(15,16)7-11(12)14/h3-6,11-12,14H,7-8H2,1-2H3. The highest BCUT2D eigenvalue weighted by molar-refractivity contribution is 7.91. The predicted molar refractivity (Wildman–Crippen MR) is 69.8 cm³/mol. The highest BCUT2D eigenvalue weighted by Gasteiger charge is 2.38. The second-order valence-corrected chi connectivity index (χ2v) is 6.85. The first kappa shape index (κ1) is 13.2. The molecule has 0 aliphatic carbocycles. The van der Waals surface area contributed by atoms with Crippen molar-refractivity contribution in [3.05, 3.63) is 24.3 Å². The highest BCUT2D eigenvalue weighted by Crippen LogP contribution is 2.23. The average Bonchev–Trinajstić information content (AvgIpc) is 2.52. The fraction of sp³-hybridized carbons (Fsp3) is 0.500. The topological polar surface area (TPSA) is 66.8 Å². The normalized spacial score (nSPS) is 25.9. The molecule has 5 nitrogen and oxygen atoms in total. The van der Waals surface area contributed by atoms with Gasteiger partial charge >= 0.3 is 0 Å². The maximum absolute atomic E-state index is 11.4. The van der Waals surface area contributed by atoms with E-state index in [2.05, 4.69) is 0 Å². The summed E-state index contributed by atoms with van der Waals surface area (Å²) >= 11 is 0. The Kier molecular flexibility index (Phi) is 3.49. The van der Waals surface area contributed by atoms with Crippen molar-refractivity contribution in [2.45, 2.75) is 12.2 Å². The van der Waals surface area contributed by atoms with Crippen LogP contribution in [-0.4, -0.2) is 51.3 Å². The van der Waals surface area contributed by atoms with Gasteiger partial charge in [-0.3, -0.25) is 0 Å². The second-order valence-electron chi connectivity index (χ2n) is 4.69. The number of hydrogen-bond acceptors (Lipinski definition) is 5. The molecule has 1 aromatic carbocycles. The van der Waals surface area contributed by atoms with Gasteiger partial charge in [-0.05, 0) is 12.1 Å². The lowest BCUT2D eigenvalue weighted by atomic mass is 10.2. The number of benzene rings is 1. The van der Waals surface area contributed by atoms with Gasteiger partial charge in [-0.2, -0.15) is 0 Å². The van der Waals surface area contributed by atoms with Gasteiger partial charge in [-0.1, -0.05) is 6.07 Å². The lowest BCUT2D eigenvalue weighted by Gasteiger charge is -2.18. The van der Waals surface area contributed by atoms with Gasteiger partial charge < -0.3 is 14.7 Å². The van der Waals surface area contributed by atoms with Crippen LogP contribution < -0.4 is 9.64 Å². The van der Waals surface area contributed by atoms with Crippen molar-refractivity contribution in [3.63, 3.8) is 0 Å². The summed E-state index contributed by atoms with van der Waals surface area (Å²) < 4.78 is 28.3. The van der Waals surface area contributed by atoms with Gasteiger partial charge in [0.25, 0.3) is 0 Å². The van der Waals surface area contributed by atoms with Crippen LogP contribution in [-0.2, 0) is 9.84 Å². The van der Waals surface area contributed by atoms with E-state index < -0.39 is 22.0 Å². The molecule has 0 radical (unpaired) electrons. The minimum atomic E-state index is -3.18. The molecule has 18 heavy (non-hydrogen) atoms. The zero-order chi connectivity index (χ0) is 13.3. The molecule has 2 rings (SSSR count). The first-order valence-corrected chi connectivity index (χ1v) is 7.52. The van der Waals surface area contributed by atoms with E-state index in [9.17, 15) is 13.5 Å². The first-order chi connectivity index (χ1) is 8.37. The quantitative estimate of drug-likeness (QED) is 0.856. The summed E-state index contributed by atoms with van der Waals surface area (Å²) in [6.45, 7) is 0. The minimum absolute atomic E-state index is 0.125. The Morgan fingerprint density at radius 2 is 2.06 bits per heavy atom. The highest BCUT2D eigenvalue weighted by atomic mass is 32.2. The monoisotopic (exact) mass is 271 g/mol. The number of anilines is 1. The van der Waals surface area contributed by atoms with E-state index >= 15 is 0 Å². The van der Waals surface area contributed by atoms with Crippen LogP contribution in [0.15, 0.2) is 24.3 Å². The van der Waals surface area contributed by atoms with Crippen LogP contribution in [0.5, 0.6) is 5.75 Å². The van der Waals surface area contributed by atoms with Gasteiger partial charge in [0.2, 0.25) is 0 Å². The summed E-state index contributed by atoms with van der Waals surface area (Å²) in [6.07, 6.45) is -1.62. The molecule has 1 aliphatic heterocycles. The zero-order valence-corrected chi connectivity index (χ0v) is 11.2. The van der Waals surface area contributed by atoms with Crippen LogP contribution in [0.2, 0.25) is 0 Å². The lowest BCUT2D eigenvalue weighted by Crippen LogP contribution is -2.29. The lowest BCUT2D eigenvalue weighted by molar-refractivity contribution is 0.0738. The molecule has 1 fully saturated rings. The molecule has 0 aromatic heterocycles. The van der Waals surface area contributed by atoms with E-state index in [0.29, 0.717) is 5.75 Å². The molecule has 1 heterocycles. The molecule has 2 atom stereocenters. The number of aliphatic hydroxyl groups is 1. The van der Waals surface area contributed by atoms with Gasteiger partial charge in [0.1, 0.15) is 18.0 Å². The Morgan fingerprint density at radius 3 is 2.61 bits per heavy atom. The van der Waals surface area contributed by atoms with E-state index in [-0.39, 0.29) is 11.5 Å². The third-order valence-electron chi connectivity index (χ3n) is 2.89. The van der Waals surface area contributed by atoms with Crippen LogP contribution in [0.25, 0.3) is 0 Å². The SMILES string of the molecule is CN(C)c1cccc(OC2CS(=O)(=O)CC2O)c1. The molecule has 2 unspecified atom stereocenters. The largest absolute Gasteiger partial charge is 0.487 e. The molecule has 1 saturated heterocycles. The Labute approximate surface area is 107 Å². The summed E-state index contributed by atoms with van der Waals surface area (Å²) in [4.78, 5) is 1.93. The van der Waals surface area contributed by atoms with Crippen molar-refractivity contribution in [2.24, 2.45) is 0 Å². The molecule has 0 saturated carbocycles. The van der Waals surface area contributed by atoms with Crippen molar-refractivity contribution >= 4 is 15.5 Å².